The first-order valence-electron chi connectivity index (χ1n) is 10.3. The van der Waals surface area contributed by atoms with Crippen molar-refractivity contribution in [2.75, 3.05) is 25.7 Å². The van der Waals surface area contributed by atoms with Crippen LogP contribution in [0.2, 0.25) is 0 Å². The van der Waals surface area contributed by atoms with Gasteiger partial charge in [-0.3, -0.25) is 14.5 Å². The summed E-state index contributed by atoms with van der Waals surface area (Å²) in [7, 11) is -0.790. The zero-order valence-electron chi connectivity index (χ0n) is 19.4. The van der Waals surface area contributed by atoms with E-state index in [9.17, 15) is 31.2 Å². The maximum Gasteiger partial charge on any atom is 0.410 e. The molecule has 2 amide bonds. The summed E-state index contributed by atoms with van der Waals surface area (Å²) in [6.07, 6.45) is -3.46. The number of benzene rings is 2. The van der Waals surface area contributed by atoms with Crippen LogP contribution in [-0.4, -0.2) is 56.6 Å². The highest BCUT2D eigenvalue weighted by Crippen LogP contribution is 2.42. The number of amides is 2. The molecule has 184 valence electrons. The molecule has 2 aromatic rings. The van der Waals surface area contributed by atoms with Gasteiger partial charge in [-0.25, -0.2) is 8.42 Å². The Labute approximate surface area is 196 Å². The number of carbonyl (C=O) groups excluding carboxylic acids is 2. The molecule has 1 aliphatic rings. The third-order valence-electron chi connectivity index (χ3n) is 6.30. The molecule has 0 aliphatic carbocycles. The Hall–Kier alpha value is -2.92. The molecule has 34 heavy (non-hydrogen) atoms. The van der Waals surface area contributed by atoms with E-state index in [4.69, 9.17) is 0 Å². The van der Waals surface area contributed by atoms with E-state index >= 15 is 0 Å². The Morgan fingerprint density at radius 2 is 1.68 bits per heavy atom. The van der Waals surface area contributed by atoms with Crippen LogP contribution in [-0.2, 0) is 31.5 Å². The van der Waals surface area contributed by atoms with Gasteiger partial charge in [-0.1, -0.05) is 18.2 Å². The number of hydrogen-bond acceptors (Lipinski definition) is 5. The van der Waals surface area contributed by atoms with Gasteiger partial charge in [0.25, 0.3) is 5.91 Å². The normalized spacial score (nSPS) is 17.9. The zero-order chi connectivity index (χ0) is 25.6. The Kier molecular flexibility index (Phi) is 6.57. The highest BCUT2D eigenvalue weighted by atomic mass is 32.2. The molecular weight excluding hydrogens is 471 g/mol. The number of halogens is 3. The molecule has 0 saturated carbocycles. The van der Waals surface area contributed by atoms with Crippen LogP contribution >= 0.6 is 0 Å². The van der Waals surface area contributed by atoms with Crippen LogP contribution in [0.5, 0.6) is 0 Å². The summed E-state index contributed by atoms with van der Waals surface area (Å²) in [4.78, 5) is 27.8. The molecular formula is C23H26F3N3O4S. The monoisotopic (exact) mass is 497 g/mol. The standard InChI is InChI=1S/C23H26F3N3O4S/c1-14(30)29-13-15-12-18(34(5,32)33)10-11-19(15)20(29)21(31)27-17-8-6-16(7-9-17)22(2,28(3)4)23(24,25)26/h6-12,20H,13H2,1-5H3,(H,27,31). The summed E-state index contributed by atoms with van der Waals surface area (Å²) in [6, 6.07) is 8.69. The highest BCUT2D eigenvalue weighted by Gasteiger charge is 2.54. The average Bonchev–Trinajstić information content (AvgIpc) is 3.11. The lowest BCUT2D eigenvalue weighted by Crippen LogP contribution is -2.50. The molecule has 1 heterocycles. The summed E-state index contributed by atoms with van der Waals surface area (Å²) in [6.45, 7) is 2.45. The largest absolute Gasteiger partial charge is 0.410 e. The van der Waals surface area contributed by atoms with Crippen molar-refractivity contribution in [2.24, 2.45) is 0 Å². The third kappa shape index (κ3) is 4.54. The second-order valence-corrected chi connectivity index (χ2v) is 10.7. The first-order chi connectivity index (χ1) is 15.6. The highest BCUT2D eigenvalue weighted by molar-refractivity contribution is 7.90. The molecule has 0 fully saturated rings. The van der Waals surface area contributed by atoms with Crippen LogP contribution in [0.1, 0.15) is 36.6 Å². The van der Waals surface area contributed by atoms with Crippen molar-refractivity contribution in [1.82, 2.24) is 9.80 Å². The van der Waals surface area contributed by atoms with Gasteiger partial charge in [-0.05, 0) is 62.0 Å². The SMILES string of the molecule is CC(=O)N1Cc2cc(S(C)(=O)=O)ccc2C1C(=O)Nc1ccc(C(C)(N(C)C)C(F)(F)F)cc1. The molecule has 11 heteroatoms. The molecule has 0 bridgehead atoms. The van der Waals surface area contributed by atoms with Crippen molar-refractivity contribution >= 4 is 27.3 Å². The van der Waals surface area contributed by atoms with Crippen molar-refractivity contribution in [1.29, 1.82) is 0 Å². The van der Waals surface area contributed by atoms with Crippen molar-refractivity contribution in [3.05, 3.63) is 59.2 Å². The lowest BCUT2D eigenvalue weighted by Gasteiger charge is -2.38. The number of nitrogens with one attached hydrogen (secondary N) is 1. The smallest absolute Gasteiger partial charge is 0.324 e. The number of rotatable bonds is 5. The second kappa shape index (κ2) is 8.70. The molecule has 0 saturated heterocycles. The predicted molar refractivity (Wildman–Crippen MR) is 121 cm³/mol. The van der Waals surface area contributed by atoms with Gasteiger partial charge in [0, 0.05) is 25.4 Å². The fourth-order valence-electron chi connectivity index (χ4n) is 4.00. The minimum Gasteiger partial charge on any atom is -0.324 e. The van der Waals surface area contributed by atoms with Crippen LogP contribution in [0.3, 0.4) is 0 Å². The van der Waals surface area contributed by atoms with Crippen molar-refractivity contribution < 1.29 is 31.2 Å². The second-order valence-electron chi connectivity index (χ2n) is 8.71. The van der Waals surface area contributed by atoms with Crippen molar-refractivity contribution in [3.8, 4) is 0 Å². The molecule has 1 aliphatic heterocycles. The Morgan fingerprint density at radius 1 is 1.09 bits per heavy atom. The number of nitrogens with zero attached hydrogens (tertiary/aromatic N) is 2. The van der Waals surface area contributed by atoms with Crippen LogP contribution in [0.15, 0.2) is 47.4 Å². The van der Waals surface area contributed by atoms with Gasteiger partial charge in [0.15, 0.2) is 9.84 Å². The quantitative estimate of drug-likeness (QED) is 0.684. The van der Waals surface area contributed by atoms with E-state index in [1.54, 1.807) is 0 Å². The van der Waals surface area contributed by atoms with Gasteiger partial charge in [0.1, 0.15) is 11.6 Å². The lowest BCUT2D eigenvalue weighted by molar-refractivity contribution is -0.223. The fraction of sp³-hybridized carbons (Fsp3) is 0.391. The summed E-state index contributed by atoms with van der Waals surface area (Å²) >= 11 is 0. The fourth-order valence-corrected chi connectivity index (χ4v) is 4.67. The summed E-state index contributed by atoms with van der Waals surface area (Å²) < 4.78 is 64.9. The van der Waals surface area contributed by atoms with Gasteiger partial charge in [-0.15, -0.1) is 0 Å². The number of alkyl halides is 3. The number of anilines is 1. The minimum atomic E-state index is -4.53. The maximum atomic E-state index is 13.7. The van der Waals surface area contributed by atoms with E-state index in [-0.39, 0.29) is 28.6 Å². The molecule has 2 unspecified atom stereocenters. The molecule has 7 nitrogen and oxygen atoms in total. The zero-order valence-corrected chi connectivity index (χ0v) is 20.2. The summed E-state index contributed by atoms with van der Waals surface area (Å²) in [5, 5.41) is 2.66. The molecule has 1 N–H and O–H groups in total. The van der Waals surface area contributed by atoms with Crippen LogP contribution in [0.25, 0.3) is 0 Å². The molecule has 0 aromatic heterocycles. The van der Waals surface area contributed by atoms with Crippen LogP contribution in [0, 0.1) is 0 Å². The van der Waals surface area contributed by atoms with Crippen LogP contribution < -0.4 is 5.32 Å². The van der Waals surface area contributed by atoms with E-state index in [1.165, 1.54) is 68.4 Å². The van der Waals surface area contributed by atoms with E-state index in [2.05, 4.69) is 5.32 Å². The molecule has 2 aromatic carbocycles. The average molecular weight is 498 g/mol. The van der Waals surface area contributed by atoms with E-state index in [1.807, 2.05) is 0 Å². The van der Waals surface area contributed by atoms with E-state index < -0.39 is 33.5 Å². The van der Waals surface area contributed by atoms with Gasteiger partial charge in [0.05, 0.1) is 4.90 Å². The number of carbonyl (C=O) groups is 2. The molecule has 3 rings (SSSR count). The third-order valence-corrected chi connectivity index (χ3v) is 7.41. The van der Waals surface area contributed by atoms with Gasteiger partial charge < -0.3 is 10.2 Å². The number of hydrogen-bond donors (Lipinski definition) is 1. The Morgan fingerprint density at radius 3 is 2.15 bits per heavy atom. The molecule has 0 spiro atoms. The number of fused-ring (bicyclic) bond motifs is 1. The van der Waals surface area contributed by atoms with Crippen molar-refractivity contribution in [2.45, 2.75) is 43.0 Å². The molecule has 2 atom stereocenters. The van der Waals surface area contributed by atoms with E-state index in [0.29, 0.717) is 11.1 Å². The lowest BCUT2D eigenvalue weighted by atomic mass is 9.90. The van der Waals surface area contributed by atoms with Crippen LogP contribution in [0.4, 0.5) is 18.9 Å². The first-order valence-corrected chi connectivity index (χ1v) is 12.2. The van der Waals surface area contributed by atoms with Gasteiger partial charge in [-0.2, -0.15) is 13.2 Å². The van der Waals surface area contributed by atoms with Gasteiger partial charge in [0.2, 0.25) is 5.91 Å². The number of sulfone groups is 1. The van der Waals surface area contributed by atoms with Crippen molar-refractivity contribution in [3.63, 3.8) is 0 Å². The minimum absolute atomic E-state index is 0.00729. The predicted octanol–water partition coefficient (Wildman–Crippen LogP) is 3.47. The Balaban J connectivity index is 1.90. The summed E-state index contributed by atoms with van der Waals surface area (Å²) in [5.74, 6) is -0.931. The van der Waals surface area contributed by atoms with E-state index in [0.717, 1.165) is 18.1 Å². The topological polar surface area (TPSA) is 86.8 Å². The molecule has 0 radical (unpaired) electrons. The van der Waals surface area contributed by atoms with Gasteiger partial charge >= 0.3 is 6.18 Å². The Bertz CT molecular complexity index is 1230. The summed E-state index contributed by atoms with van der Waals surface area (Å²) in [5.41, 5.74) is -0.910. The maximum absolute atomic E-state index is 13.7. The first kappa shape index (κ1) is 25.7.